The number of aliphatic hydroxyl groups excluding tert-OH is 2. The highest BCUT2D eigenvalue weighted by molar-refractivity contribution is 5.77. The zero-order valence-corrected chi connectivity index (χ0v) is 42.5. The topological polar surface area (TPSA) is 95.9 Å². The van der Waals surface area contributed by atoms with Crippen molar-refractivity contribution in [3.8, 4) is 0 Å². The van der Waals surface area contributed by atoms with Crippen molar-refractivity contribution >= 4 is 11.9 Å². The predicted octanol–water partition coefficient (Wildman–Crippen LogP) is 17.1. The SMILES string of the molecule is CCCCCCCC/C=C\CCCC(CC(=O)NC(CO)C(O)CCCCCCCCCCCCCCCC)OC(=O)CCCCCCCCCCC/C=C/CCCCCCCC. The number of amides is 1. The molecule has 3 atom stereocenters. The third-order valence-corrected chi connectivity index (χ3v) is 13.0. The molecule has 0 bridgehead atoms. The maximum absolute atomic E-state index is 13.2. The molecule has 0 radical (unpaired) electrons. The molecule has 0 aromatic heterocycles. The molecule has 0 aliphatic rings. The van der Waals surface area contributed by atoms with Gasteiger partial charge in [0.25, 0.3) is 0 Å². The number of carbonyl (C=O) groups is 2. The largest absolute Gasteiger partial charge is 0.462 e. The van der Waals surface area contributed by atoms with Crippen LogP contribution in [0, 0.1) is 0 Å². The van der Waals surface area contributed by atoms with Gasteiger partial charge in [-0.3, -0.25) is 9.59 Å². The number of carbonyl (C=O) groups excluding carboxylic acids is 2. The molecule has 0 aromatic rings. The quantitative estimate of drug-likeness (QED) is 0.0321. The Bertz CT molecular complexity index is 997. The molecule has 63 heavy (non-hydrogen) atoms. The summed E-state index contributed by atoms with van der Waals surface area (Å²) in [4.78, 5) is 26.2. The summed E-state index contributed by atoms with van der Waals surface area (Å²) in [6.45, 7) is 6.49. The van der Waals surface area contributed by atoms with Gasteiger partial charge in [-0.1, -0.05) is 244 Å². The van der Waals surface area contributed by atoms with Crippen LogP contribution < -0.4 is 5.32 Å². The lowest BCUT2D eigenvalue weighted by Gasteiger charge is -2.24. The molecule has 6 nitrogen and oxygen atoms in total. The second kappa shape index (κ2) is 51.3. The Morgan fingerprint density at radius 2 is 0.778 bits per heavy atom. The number of hydrogen-bond acceptors (Lipinski definition) is 5. The summed E-state index contributed by atoms with van der Waals surface area (Å²) in [7, 11) is 0. The molecule has 0 saturated carbocycles. The predicted molar refractivity (Wildman–Crippen MR) is 273 cm³/mol. The van der Waals surface area contributed by atoms with E-state index in [9.17, 15) is 19.8 Å². The summed E-state index contributed by atoms with van der Waals surface area (Å²) in [5, 5.41) is 23.8. The Morgan fingerprint density at radius 1 is 0.444 bits per heavy atom. The number of unbranched alkanes of at least 4 members (excludes halogenated alkanes) is 35. The Hall–Kier alpha value is -1.66. The Labute approximate surface area is 392 Å². The van der Waals surface area contributed by atoms with Gasteiger partial charge >= 0.3 is 5.97 Å². The first-order chi connectivity index (χ1) is 31.0. The van der Waals surface area contributed by atoms with E-state index in [-0.39, 0.29) is 24.9 Å². The van der Waals surface area contributed by atoms with Gasteiger partial charge in [0, 0.05) is 6.42 Å². The van der Waals surface area contributed by atoms with Crippen LogP contribution in [-0.4, -0.2) is 46.9 Å². The molecular weight excluding hydrogens is 779 g/mol. The summed E-state index contributed by atoms with van der Waals surface area (Å²) in [5.41, 5.74) is 0. The standard InChI is InChI=1S/C57H109NO5/c1-4-7-10-13-16-19-22-24-26-27-28-29-30-32-35-38-41-44-47-50-57(62)63-53(48-45-42-39-36-33-21-18-15-12-9-6-3)51-56(61)58-54(52-59)55(60)49-46-43-40-37-34-31-25-23-20-17-14-11-8-5-2/h24,26,36,39,53-55,59-60H,4-23,25,27-35,37-38,40-52H2,1-3H3,(H,58,61)/b26-24+,39-36-. The molecular formula is C57H109NO5. The van der Waals surface area contributed by atoms with E-state index in [2.05, 4.69) is 50.4 Å². The van der Waals surface area contributed by atoms with Crippen LogP contribution >= 0.6 is 0 Å². The third kappa shape index (κ3) is 46.7. The molecule has 0 aliphatic carbocycles. The number of nitrogens with one attached hydrogen (secondary N) is 1. The molecule has 3 unspecified atom stereocenters. The number of aliphatic hydroxyl groups is 2. The van der Waals surface area contributed by atoms with Crippen LogP contribution in [-0.2, 0) is 14.3 Å². The average Bonchev–Trinajstić information content (AvgIpc) is 3.28. The molecule has 1 amide bonds. The molecule has 372 valence electrons. The molecule has 0 heterocycles. The third-order valence-electron chi connectivity index (χ3n) is 13.0. The fourth-order valence-corrected chi connectivity index (χ4v) is 8.72. The summed E-state index contributed by atoms with van der Waals surface area (Å²) >= 11 is 0. The van der Waals surface area contributed by atoms with Gasteiger partial charge < -0.3 is 20.3 Å². The smallest absolute Gasteiger partial charge is 0.306 e. The van der Waals surface area contributed by atoms with Crippen molar-refractivity contribution in [3.05, 3.63) is 24.3 Å². The van der Waals surface area contributed by atoms with E-state index < -0.39 is 18.2 Å². The fourth-order valence-electron chi connectivity index (χ4n) is 8.72. The van der Waals surface area contributed by atoms with E-state index in [0.29, 0.717) is 19.3 Å². The van der Waals surface area contributed by atoms with Crippen LogP contribution in [0.1, 0.15) is 303 Å². The maximum Gasteiger partial charge on any atom is 0.306 e. The molecule has 0 aromatic carbocycles. The lowest BCUT2D eigenvalue weighted by atomic mass is 10.0. The Morgan fingerprint density at radius 3 is 1.16 bits per heavy atom. The number of hydrogen-bond donors (Lipinski definition) is 3. The minimum atomic E-state index is -0.791. The van der Waals surface area contributed by atoms with E-state index in [1.165, 1.54) is 205 Å². The fraction of sp³-hybridized carbons (Fsp3) is 0.895. The van der Waals surface area contributed by atoms with E-state index >= 15 is 0 Å². The van der Waals surface area contributed by atoms with Gasteiger partial charge in [0.15, 0.2) is 0 Å². The lowest BCUT2D eigenvalue weighted by Crippen LogP contribution is -2.46. The minimum absolute atomic E-state index is 0.0603. The zero-order valence-electron chi connectivity index (χ0n) is 42.5. The number of esters is 1. The highest BCUT2D eigenvalue weighted by Gasteiger charge is 2.24. The van der Waals surface area contributed by atoms with Crippen LogP contribution in [0.15, 0.2) is 24.3 Å². The van der Waals surface area contributed by atoms with Crippen LogP contribution in [0.2, 0.25) is 0 Å². The molecule has 6 heteroatoms. The number of rotatable bonds is 51. The first-order valence-electron chi connectivity index (χ1n) is 28.1. The molecule has 0 saturated heterocycles. The van der Waals surface area contributed by atoms with Crippen molar-refractivity contribution in [1.29, 1.82) is 0 Å². The summed E-state index contributed by atoms with van der Waals surface area (Å²) in [6, 6.07) is -0.706. The van der Waals surface area contributed by atoms with E-state index in [4.69, 9.17) is 4.74 Å². The van der Waals surface area contributed by atoms with Crippen molar-refractivity contribution in [2.24, 2.45) is 0 Å². The van der Waals surface area contributed by atoms with E-state index in [1.54, 1.807) is 0 Å². The average molecular weight is 889 g/mol. The van der Waals surface area contributed by atoms with Gasteiger partial charge in [0.05, 0.1) is 25.2 Å². The van der Waals surface area contributed by atoms with Crippen LogP contribution in [0.5, 0.6) is 0 Å². The highest BCUT2D eigenvalue weighted by Crippen LogP contribution is 2.18. The normalized spacial score (nSPS) is 13.3. The number of ether oxygens (including phenoxy) is 1. The molecule has 0 aliphatic heterocycles. The van der Waals surface area contributed by atoms with Gasteiger partial charge in [-0.25, -0.2) is 0 Å². The van der Waals surface area contributed by atoms with Crippen LogP contribution in [0.3, 0.4) is 0 Å². The van der Waals surface area contributed by atoms with Crippen molar-refractivity contribution in [3.63, 3.8) is 0 Å². The van der Waals surface area contributed by atoms with Crippen molar-refractivity contribution < 1.29 is 24.5 Å². The molecule has 0 fully saturated rings. The molecule has 0 spiro atoms. The maximum atomic E-state index is 13.2. The van der Waals surface area contributed by atoms with E-state index in [0.717, 1.165) is 51.4 Å². The van der Waals surface area contributed by atoms with E-state index in [1.807, 2.05) is 0 Å². The summed E-state index contributed by atoms with van der Waals surface area (Å²) in [5.74, 6) is -0.491. The Balaban J connectivity index is 4.46. The van der Waals surface area contributed by atoms with Gasteiger partial charge in [-0.05, 0) is 70.6 Å². The second-order valence-corrected chi connectivity index (χ2v) is 19.3. The van der Waals surface area contributed by atoms with Crippen molar-refractivity contribution in [2.45, 2.75) is 322 Å². The van der Waals surface area contributed by atoms with Gasteiger partial charge in [0.1, 0.15) is 6.10 Å². The lowest BCUT2D eigenvalue weighted by molar-refractivity contribution is -0.151. The monoisotopic (exact) mass is 888 g/mol. The van der Waals surface area contributed by atoms with Crippen LogP contribution in [0.4, 0.5) is 0 Å². The first-order valence-corrected chi connectivity index (χ1v) is 28.1. The Kier molecular flexibility index (Phi) is 50.0. The van der Waals surface area contributed by atoms with Crippen LogP contribution in [0.25, 0.3) is 0 Å². The summed E-state index contributed by atoms with van der Waals surface area (Å²) in [6.07, 6.45) is 59.6. The van der Waals surface area contributed by atoms with Gasteiger partial charge in [-0.2, -0.15) is 0 Å². The molecule has 3 N–H and O–H groups in total. The zero-order chi connectivity index (χ0) is 45.9. The second-order valence-electron chi connectivity index (χ2n) is 19.3. The minimum Gasteiger partial charge on any atom is -0.462 e. The van der Waals surface area contributed by atoms with Crippen molar-refractivity contribution in [1.82, 2.24) is 5.32 Å². The number of allylic oxidation sites excluding steroid dienone is 4. The summed E-state index contributed by atoms with van der Waals surface area (Å²) < 4.78 is 5.93. The first kappa shape index (κ1) is 61.3. The van der Waals surface area contributed by atoms with Crippen molar-refractivity contribution in [2.75, 3.05) is 6.61 Å². The van der Waals surface area contributed by atoms with Gasteiger partial charge in [-0.15, -0.1) is 0 Å². The molecule has 0 rings (SSSR count). The highest BCUT2D eigenvalue weighted by atomic mass is 16.5. The van der Waals surface area contributed by atoms with Gasteiger partial charge in [0.2, 0.25) is 5.91 Å².